The Kier molecular flexibility index (Phi) is 14.6. The molecule has 0 rings (SSSR count). The van der Waals surface area contributed by atoms with Gasteiger partial charge in [0.15, 0.2) is 0 Å². The Morgan fingerprint density at radius 2 is 1.41 bits per heavy atom. The summed E-state index contributed by atoms with van der Waals surface area (Å²) in [5, 5.41) is 0. The van der Waals surface area contributed by atoms with E-state index in [1.54, 1.807) is 27.7 Å². The lowest BCUT2D eigenvalue weighted by molar-refractivity contribution is -0.158. The van der Waals surface area contributed by atoms with Crippen molar-refractivity contribution in [2.75, 3.05) is 20.3 Å². The van der Waals surface area contributed by atoms with Crippen LogP contribution in [0.1, 0.15) is 86.5 Å². The molecule has 0 aliphatic heterocycles. The van der Waals surface area contributed by atoms with Gasteiger partial charge in [0.25, 0.3) is 0 Å². The molecule has 0 amide bonds. The number of rotatable bonds is 15. The first kappa shape index (κ1) is 29.9. The van der Waals surface area contributed by atoms with Crippen LogP contribution >= 0.6 is 0 Å². The molecule has 0 aromatic rings. The highest BCUT2D eigenvalue weighted by atomic mass is 16.6. The van der Waals surface area contributed by atoms with Crippen molar-refractivity contribution in [2.45, 2.75) is 92.1 Å². The Balaban J connectivity index is 4.68. The molecule has 0 N–H and O–H groups in total. The maximum Gasteiger partial charge on any atom is 0.308 e. The van der Waals surface area contributed by atoms with Crippen LogP contribution in [0.2, 0.25) is 0 Å². The number of hydrogen-bond donors (Lipinski definition) is 0. The van der Waals surface area contributed by atoms with Gasteiger partial charge in [0, 0.05) is 6.42 Å². The summed E-state index contributed by atoms with van der Waals surface area (Å²) >= 11 is 0. The van der Waals surface area contributed by atoms with Crippen LogP contribution in [-0.2, 0) is 38.1 Å². The minimum absolute atomic E-state index is 0.0899. The zero-order valence-electron chi connectivity index (χ0n) is 20.9. The van der Waals surface area contributed by atoms with Crippen LogP contribution in [0.15, 0.2) is 0 Å². The molecule has 8 nitrogen and oxygen atoms in total. The van der Waals surface area contributed by atoms with Crippen LogP contribution in [0, 0.1) is 17.8 Å². The lowest BCUT2D eigenvalue weighted by Gasteiger charge is -2.22. The van der Waals surface area contributed by atoms with Gasteiger partial charge in [-0.25, -0.2) is 0 Å². The number of ether oxygens (including phenoxy) is 4. The second-order valence-corrected chi connectivity index (χ2v) is 9.08. The van der Waals surface area contributed by atoms with E-state index in [4.69, 9.17) is 18.9 Å². The molecule has 0 aromatic heterocycles. The first-order valence-electron chi connectivity index (χ1n) is 11.6. The van der Waals surface area contributed by atoms with Crippen LogP contribution < -0.4 is 0 Å². The van der Waals surface area contributed by atoms with Gasteiger partial charge < -0.3 is 18.9 Å². The van der Waals surface area contributed by atoms with Gasteiger partial charge in [-0.05, 0) is 52.9 Å². The molecule has 0 aromatic carbocycles. The van der Waals surface area contributed by atoms with E-state index >= 15 is 0 Å². The van der Waals surface area contributed by atoms with Crippen LogP contribution in [0.5, 0.6) is 0 Å². The lowest BCUT2D eigenvalue weighted by Crippen LogP contribution is -2.29. The molecule has 0 radical (unpaired) electrons. The van der Waals surface area contributed by atoms with Gasteiger partial charge in [-0.15, -0.1) is 0 Å². The minimum Gasteiger partial charge on any atom is -0.469 e. The highest BCUT2D eigenvalue weighted by Gasteiger charge is 2.31. The molecule has 3 unspecified atom stereocenters. The van der Waals surface area contributed by atoms with Crippen LogP contribution in [0.25, 0.3) is 0 Å². The number of methoxy groups -OCH3 is 1. The second kappa shape index (κ2) is 15.6. The molecular formula is C24H42O8. The zero-order chi connectivity index (χ0) is 24.7. The molecule has 0 spiro atoms. The summed E-state index contributed by atoms with van der Waals surface area (Å²) < 4.78 is 20.6. The van der Waals surface area contributed by atoms with Gasteiger partial charge in [0.2, 0.25) is 0 Å². The molecule has 3 atom stereocenters. The Bertz CT molecular complexity index is 593. The summed E-state index contributed by atoms with van der Waals surface area (Å²) in [7, 11) is 1.29. The molecule has 0 saturated carbocycles. The van der Waals surface area contributed by atoms with Crippen molar-refractivity contribution in [3.05, 3.63) is 0 Å². The van der Waals surface area contributed by atoms with Gasteiger partial charge in [-0.3, -0.25) is 19.2 Å². The lowest BCUT2D eigenvalue weighted by atomic mass is 9.86. The molecule has 186 valence electrons. The molecule has 0 fully saturated rings. The quantitative estimate of drug-likeness (QED) is 0.204. The van der Waals surface area contributed by atoms with E-state index in [2.05, 4.69) is 0 Å². The molecule has 0 saturated heterocycles. The van der Waals surface area contributed by atoms with Gasteiger partial charge in [0.1, 0.15) is 5.60 Å². The van der Waals surface area contributed by atoms with Crippen molar-refractivity contribution in [3.8, 4) is 0 Å². The molecular weight excluding hydrogens is 416 g/mol. The highest BCUT2D eigenvalue weighted by molar-refractivity contribution is 5.77. The smallest absolute Gasteiger partial charge is 0.308 e. The van der Waals surface area contributed by atoms with Crippen molar-refractivity contribution in [2.24, 2.45) is 17.8 Å². The van der Waals surface area contributed by atoms with E-state index in [1.165, 1.54) is 7.11 Å². The number of unbranched alkanes of at least 4 members (excludes halogenated alkanes) is 1. The summed E-state index contributed by atoms with van der Waals surface area (Å²) in [5.74, 6) is -3.21. The van der Waals surface area contributed by atoms with Crippen molar-refractivity contribution in [1.82, 2.24) is 0 Å². The topological polar surface area (TPSA) is 105 Å². The minimum atomic E-state index is -0.618. The number of hydrogen-bond acceptors (Lipinski definition) is 8. The third-order valence-corrected chi connectivity index (χ3v) is 4.90. The van der Waals surface area contributed by atoms with Gasteiger partial charge >= 0.3 is 23.9 Å². The summed E-state index contributed by atoms with van der Waals surface area (Å²) in [4.78, 5) is 48.7. The average Bonchev–Trinajstić information content (AvgIpc) is 2.71. The fraction of sp³-hybridized carbons (Fsp3) is 0.833. The summed E-state index contributed by atoms with van der Waals surface area (Å²) in [5.41, 5.74) is -0.552. The van der Waals surface area contributed by atoms with E-state index in [9.17, 15) is 19.2 Å². The molecule has 0 aliphatic carbocycles. The first-order valence-corrected chi connectivity index (χ1v) is 11.6. The fourth-order valence-electron chi connectivity index (χ4n) is 3.11. The van der Waals surface area contributed by atoms with Crippen molar-refractivity contribution in [3.63, 3.8) is 0 Å². The highest BCUT2D eigenvalue weighted by Crippen LogP contribution is 2.25. The number of esters is 4. The third kappa shape index (κ3) is 13.3. The maximum atomic E-state index is 12.3. The molecule has 0 aliphatic rings. The first-order chi connectivity index (χ1) is 14.9. The third-order valence-electron chi connectivity index (χ3n) is 4.90. The summed E-state index contributed by atoms with van der Waals surface area (Å²) in [6.45, 7) is 11.4. The molecule has 0 heterocycles. The normalized spacial score (nSPS) is 14.1. The number of carbonyl (C=O) groups is 4. The predicted molar refractivity (Wildman–Crippen MR) is 120 cm³/mol. The van der Waals surface area contributed by atoms with E-state index < -0.39 is 35.3 Å². The van der Waals surface area contributed by atoms with Crippen molar-refractivity contribution >= 4 is 23.9 Å². The van der Waals surface area contributed by atoms with Crippen molar-refractivity contribution in [1.29, 1.82) is 0 Å². The van der Waals surface area contributed by atoms with E-state index in [1.807, 2.05) is 13.8 Å². The maximum absolute atomic E-state index is 12.3. The Labute approximate surface area is 192 Å². The Morgan fingerprint density at radius 3 is 1.94 bits per heavy atom. The summed E-state index contributed by atoms with van der Waals surface area (Å²) in [6.07, 6.45) is 3.21. The monoisotopic (exact) mass is 458 g/mol. The van der Waals surface area contributed by atoms with Gasteiger partial charge in [-0.1, -0.05) is 27.2 Å². The molecule has 32 heavy (non-hydrogen) atoms. The van der Waals surface area contributed by atoms with E-state index in [0.717, 1.165) is 12.8 Å². The number of carbonyl (C=O) groups excluding carboxylic acids is 4. The fourth-order valence-corrected chi connectivity index (χ4v) is 3.11. The predicted octanol–water partition coefficient (Wildman–Crippen LogP) is 4.23. The van der Waals surface area contributed by atoms with Gasteiger partial charge in [0.05, 0.1) is 38.1 Å². The van der Waals surface area contributed by atoms with Crippen LogP contribution in [0.3, 0.4) is 0 Å². The van der Waals surface area contributed by atoms with Gasteiger partial charge in [-0.2, -0.15) is 0 Å². The van der Waals surface area contributed by atoms with E-state index in [-0.39, 0.29) is 37.8 Å². The SMILES string of the molecule is CCCCOC(=O)C(CC)CC(CC(C)C(=O)OCCCC(=O)OC(C)(C)C)C(=O)OC. The van der Waals surface area contributed by atoms with E-state index in [0.29, 0.717) is 19.4 Å². The van der Waals surface area contributed by atoms with Crippen molar-refractivity contribution < 1.29 is 38.1 Å². The second-order valence-electron chi connectivity index (χ2n) is 9.08. The van der Waals surface area contributed by atoms with Crippen LogP contribution in [0.4, 0.5) is 0 Å². The zero-order valence-corrected chi connectivity index (χ0v) is 20.9. The molecule has 8 heteroatoms. The largest absolute Gasteiger partial charge is 0.469 e. The summed E-state index contributed by atoms with van der Waals surface area (Å²) in [6, 6.07) is 0. The Morgan fingerprint density at radius 1 is 0.812 bits per heavy atom. The standard InChI is InChI=1S/C24H42O8/c1-8-10-13-31-23(28)18(9-2)16-19(22(27)29-7)15-17(3)21(26)30-14-11-12-20(25)32-24(4,5)6/h17-19H,8-16H2,1-7H3. The average molecular weight is 459 g/mol. The molecule has 0 bridgehead atoms. The Hall–Kier alpha value is -2.12. The van der Waals surface area contributed by atoms with Crippen LogP contribution in [-0.4, -0.2) is 49.8 Å².